The van der Waals surface area contributed by atoms with E-state index in [0.717, 1.165) is 0 Å². The molecule has 0 saturated carbocycles. The lowest BCUT2D eigenvalue weighted by Crippen LogP contribution is -2.43. The van der Waals surface area contributed by atoms with Crippen molar-refractivity contribution in [3.8, 4) is 0 Å². The third-order valence-electron chi connectivity index (χ3n) is 5.99. The second-order valence-electron chi connectivity index (χ2n) is 8.56. The van der Waals surface area contributed by atoms with Gasteiger partial charge >= 0.3 is 11.9 Å². The Morgan fingerprint density at radius 1 is 0.872 bits per heavy atom. The first-order valence-electron chi connectivity index (χ1n) is 12.8. The molecule has 1 aliphatic carbocycles. The first-order valence-corrected chi connectivity index (χ1v) is 12.8. The van der Waals surface area contributed by atoms with E-state index >= 15 is 0 Å². The summed E-state index contributed by atoms with van der Waals surface area (Å²) >= 11 is 0. The molecule has 0 saturated heterocycles. The largest absolute Gasteiger partial charge is 0.466 e. The van der Waals surface area contributed by atoms with Gasteiger partial charge in [-0.25, -0.2) is 4.79 Å². The average Bonchev–Trinajstić information content (AvgIpc) is 2.93. The second kappa shape index (κ2) is 14.1. The second-order valence-corrected chi connectivity index (χ2v) is 8.56. The van der Waals surface area contributed by atoms with E-state index in [1.807, 2.05) is 0 Å². The molecule has 1 aliphatic rings. The summed E-state index contributed by atoms with van der Waals surface area (Å²) in [7, 11) is 1.68. The van der Waals surface area contributed by atoms with Gasteiger partial charge in [0.1, 0.15) is 12.6 Å². The zero-order valence-electron chi connectivity index (χ0n) is 22.3. The van der Waals surface area contributed by atoms with Crippen molar-refractivity contribution in [1.29, 1.82) is 0 Å². The Morgan fingerprint density at radius 2 is 1.49 bits per heavy atom. The smallest absolute Gasteiger partial charge is 0.328 e. The fourth-order valence-electron chi connectivity index (χ4n) is 4.22. The van der Waals surface area contributed by atoms with Crippen LogP contribution in [0.25, 0.3) is 0 Å². The molecular weight excluding hydrogens is 506 g/mol. The van der Waals surface area contributed by atoms with E-state index in [2.05, 4.69) is 16.0 Å². The Labute approximate surface area is 226 Å². The quantitative estimate of drug-likeness (QED) is 0.206. The first-order chi connectivity index (χ1) is 18.8. The number of hydrogen-bond donors (Lipinski definition) is 3. The van der Waals surface area contributed by atoms with Gasteiger partial charge < -0.3 is 30.2 Å². The van der Waals surface area contributed by atoms with Crippen molar-refractivity contribution < 1.29 is 38.2 Å². The molecule has 2 aromatic rings. The summed E-state index contributed by atoms with van der Waals surface area (Å²) in [6.45, 7) is 3.68. The van der Waals surface area contributed by atoms with Crippen molar-refractivity contribution in [2.24, 2.45) is 0 Å². The van der Waals surface area contributed by atoms with E-state index in [1.54, 1.807) is 57.3 Å². The average molecular weight is 540 g/mol. The molecule has 1 atom stereocenters. The van der Waals surface area contributed by atoms with Gasteiger partial charge in [-0.2, -0.15) is 0 Å². The zero-order chi connectivity index (χ0) is 28.4. The number of rotatable bonds is 14. The van der Waals surface area contributed by atoms with Gasteiger partial charge in [-0.15, -0.1) is 0 Å². The Balaban J connectivity index is 1.57. The summed E-state index contributed by atoms with van der Waals surface area (Å²) in [6.07, 6.45) is -0.0146. The van der Waals surface area contributed by atoms with Crippen LogP contribution >= 0.6 is 0 Å². The third-order valence-corrected chi connectivity index (χ3v) is 5.99. The van der Waals surface area contributed by atoms with Gasteiger partial charge in [-0.1, -0.05) is 24.3 Å². The monoisotopic (exact) mass is 539 g/mol. The molecular formula is C28H33N3O8. The third kappa shape index (κ3) is 7.20. The van der Waals surface area contributed by atoms with E-state index in [-0.39, 0.29) is 62.9 Å². The molecule has 0 radical (unpaired) electrons. The minimum absolute atomic E-state index is 0.0363. The number of esters is 2. The predicted molar refractivity (Wildman–Crippen MR) is 143 cm³/mol. The molecule has 0 heterocycles. The van der Waals surface area contributed by atoms with Crippen LogP contribution in [0.15, 0.2) is 36.4 Å². The van der Waals surface area contributed by atoms with Crippen molar-refractivity contribution in [1.82, 2.24) is 5.32 Å². The highest BCUT2D eigenvalue weighted by atomic mass is 16.5. The zero-order valence-corrected chi connectivity index (χ0v) is 22.3. The number of nitrogens with one attached hydrogen (secondary N) is 3. The number of ketones is 2. The van der Waals surface area contributed by atoms with Gasteiger partial charge in [0.05, 0.1) is 30.9 Å². The molecule has 3 N–H and O–H groups in total. The molecule has 11 heteroatoms. The van der Waals surface area contributed by atoms with E-state index in [1.165, 1.54) is 0 Å². The van der Waals surface area contributed by atoms with Crippen molar-refractivity contribution in [3.63, 3.8) is 0 Å². The van der Waals surface area contributed by atoms with E-state index in [4.69, 9.17) is 14.2 Å². The molecule has 11 nitrogen and oxygen atoms in total. The van der Waals surface area contributed by atoms with Crippen LogP contribution in [-0.2, 0) is 28.6 Å². The molecule has 0 fully saturated rings. The lowest BCUT2D eigenvalue weighted by Gasteiger charge is -2.23. The number of carbonyl (C=O) groups is 5. The highest BCUT2D eigenvalue weighted by Crippen LogP contribution is 2.36. The number of fused-ring (bicyclic) bond motifs is 2. The van der Waals surface area contributed by atoms with E-state index < -0.39 is 23.9 Å². The molecule has 1 unspecified atom stereocenters. The normalized spacial score (nSPS) is 12.6. The van der Waals surface area contributed by atoms with Crippen molar-refractivity contribution >= 4 is 40.8 Å². The topological polar surface area (TPSA) is 149 Å². The predicted octanol–water partition coefficient (Wildman–Crippen LogP) is 2.32. The maximum Gasteiger partial charge on any atom is 0.328 e. The van der Waals surface area contributed by atoms with Crippen LogP contribution < -0.4 is 16.0 Å². The van der Waals surface area contributed by atoms with Crippen molar-refractivity contribution in [3.05, 3.63) is 58.7 Å². The molecule has 0 aromatic heterocycles. The molecule has 0 aliphatic heterocycles. The number of amides is 1. The van der Waals surface area contributed by atoms with Crippen LogP contribution in [-0.4, -0.2) is 75.5 Å². The van der Waals surface area contributed by atoms with Gasteiger partial charge in [0.15, 0.2) is 11.6 Å². The number of anilines is 2. The van der Waals surface area contributed by atoms with Gasteiger partial charge in [0, 0.05) is 42.5 Å². The number of carbonyl (C=O) groups excluding carboxylic acids is 5. The lowest BCUT2D eigenvalue weighted by molar-refractivity contribution is -0.149. The van der Waals surface area contributed by atoms with E-state index in [9.17, 15) is 24.0 Å². The summed E-state index contributed by atoms with van der Waals surface area (Å²) in [5.41, 5.74) is 2.32. The highest BCUT2D eigenvalue weighted by molar-refractivity contribution is 6.31. The van der Waals surface area contributed by atoms with Crippen LogP contribution in [0.4, 0.5) is 11.4 Å². The van der Waals surface area contributed by atoms with Gasteiger partial charge in [0.25, 0.3) is 0 Å². The van der Waals surface area contributed by atoms with Crippen LogP contribution in [0.1, 0.15) is 58.5 Å². The Morgan fingerprint density at radius 3 is 2.10 bits per heavy atom. The Hall–Kier alpha value is -4.25. The number of hydrogen-bond acceptors (Lipinski definition) is 10. The van der Waals surface area contributed by atoms with Gasteiger partial charge in [-0.05, 0) is 32.4 Å². The number of benzene rings is 2. The van der Waals surface area contributed by atoms with Gasteiger partial charge in [-0.3, -0.25) is 19.2 Å². The fraction of sp³-hybridized carbons (Fsp3) is 0.393. The molecule has 39 heavy (non-hydrogen) atoms. The molecule has 208 valence electrons. The maximum atomic E-state index is 13.3. The molecule has 0 bridgehead atoms. The summed E-state index contributed by atoms with van der Waals surface area (Å²) in [5, 5.41) is 8.62. The fourth-order valence-corrected chi connectivity index (χ4v) is 4.22. The molecule has 3 rings (SSSR count). The SMILES string of the molecule is CCOC(=O)CCC(NC(=O)COCCNc1ccc(NC)c2c1C(=O)c1ccccc1C2=O)C(=O)OCC. The van der Waals surface area contributed by atoms with Crippen molar-refractivity contribution in [2.45, 2.75) is 32.7 Å². The Kier molecular flexibility index (Phi) is 10.6. The lowest BCUT2D eigenvalue weighted by atomic mass is 9.82. The summed E-state index contributed by atoms with van der Waals surface area (Å²) < 4.78 is 15.3. The van der Waals surface area contributed by atoms with Crippen LogP contribution in [0, 0.1) is 0 Å². The summed E-state index contributed by atoms with van der Waals surface area (Å²) in [4.78, 5) is 62.6. The number of ether oxygens (including phenoxy) is 3. The van der Waals surface area contributed by atoms with Crippen LogP contribution in [0.5, 0.6) is 0 Å². The first kappa shape index (κ1) is 29.3. The summed E-state index contributed by atoms with van der Waals surface area (Å²) in [6, 6.07) is 9.13. The standard InChI is InChI=1S/C28H33N3O8/c1-4-38-23(33)13-12-21(28(36)39-5-2)31-22(32)16-37-15-14-30-20-11-10-19(29-3)24-25(20)27(35)18-9-7-6-8-17(18)26(24)34/h6-11,21,29-30H,4-5,12-16H2,1-3H3,(H,31,32). The highest BCUT2D eigenvalue weighted by Gasteiger charge is 2.33. The van der Waals surface area contributed by atoms with Gasteiger partial charge in [0.2, 0.25) is 5.91 Å². The maximum absolute atomic E-state index is 13.3. The van der Waals surface area contributed by atoms with Crippen LogP contribution in [0.3, 0.4) is 0 Å². The molecule has 0 spiro atoms. The van der Waals surface area contributed by atoms with E-state index in [0.29, 0.717) is 28.1 Å². The minimum atomic E-state index is -1.01. The summed E-state index contributed by atoms with van der Waals surface area (Å²) in [5.74, 6) is -2.16. The van der Waals surface area contributed by atoms with Crippen molar-refractivity contribution in [2.75, 3.05) is 50.7 Å². The minimum Gasteiger partial charge on any atom is -0.466 e. The molecule has 1 amide bonds. The Bertz CT molecular complexity index is 1240. The molecule has 2 aromatic carbocycles. The van der Waals surface area contributed by atoms with Crippen LogP contribution in [0.2, 0.25) is 0 Å².